The van der Waals surface area contributed by atoms with E-state index in [0.29, 0.717) is 30.4 Å². The second-order valence-electron chi connectivity index (χ2n) is 5.60. The maximum atomic E-state index is 11.9. The number of anilines is 1. The maximum absolute atomic E-state index is 11.9. The minimum absolute atomic E-state index is 0.265. The van der Waals surface area contributed by atoms with E-state index < -0.39 is 0 Å². The van der Waals surface area contributed by atoms with Crippen LogP contribution in [0.15, 0.2) is 36.4 Å². The van der Waals surface area contributed by atoms with Gasteiger partial charge in [0.15, 0.2) is 0 Å². The lowest BCUT2D eigenvalue weighted by atomic mass is 10.1. The predicted molar refractivity (Wildman–Crippen MR) is 98.0 cm³/mol. The fraction of sp³-hybridized carbons (Fsp3) is 0.316. The number of hydrogen-bond donors (Lipinski definition) is 2. The molecule has 0 unspecified atom stereocenters. The van der Waals surface area contributed by atoms with E-state index in [1.54, 1.807) is 32.4 Å². The third kappa shape index (κ3) is 5.60. The molecule has 6 nitrogen and oxygen atoms in total. The van der Waals surface area contributed by atoms with Crippen LogP contribution in [-0.4, -0.2) is 33.4 Å². The average molecular weight is 344 g/mol. The van der Waals surface area contributed by atoms with Crippen LogP contribution < -0.4 is 24.8 Å². The molecule has 6 heteroatoms. The van der Waals surface area contributed by atoms with E-state index in [4.69, 9.17) is 14.2 Å². The van der Waals surface area contributed by atoms with Crippen LogP contribution in [0.2, 0.25) is 0 Å². The van der Waals surface area contributed by atoms with Crippen LogP contribution in [-0.2, 0) is 0 Å². The Labute approximate surface area is 148 Å². The number of hydrogen-bond acceptors (Lipinski definition) is 4. The van der Waals surface area contributed by atoms with Gasteiger partial charge in [-0.25, -0.2) is 4.79 Å². The summed E-state index contributed by atoms with van der Waals surface area (Å²) in [5.74, 6) is 1.91. The fourth-order valence-electron chi connectivity index (χ4n) is 2.32. The molecule has 0 aliphatic carbocycles. The zero-order valence-electron chi connectivity index (χ0n) is 15.0. The Morgan fingerprint density at radius 3 is 2.20 bits per heavy atom. The molecule has 0 fully saturated rings. The van der Waals surface area contributed by atoms with Gasteiger partial charge < -0.3 is 24.8 Å². The molecule has 25 heavy (non-hydrogen) atoms. The minimum atomic E-state index is -0.265. The van der Waals surface area contributed by atoms with Crippen LogP contribution in [0.3, 0.4) is 0 Å². The van der Waals surface area contributed by atoms with Gasteiger partial charge in [0.05, 0.1) is 20.8 Å². The Kier molecular flexibility index (Phi) is 6.51. The van der Waals surface area contributed by atoms with Crippen molar-refractivity contribution in [3.8, 4) is 17.2 Å². The van der Waals surface area contributed by atoms with Gasteiger partial charge in [-0.1, -0.05) is 17.7 Å². The first-order chi connectivity index (χ1) is 12.0. The van der Waals surface area contributed by atoms with Crippen LogP contribution in [0, 0.1) is 13.8 Å². The molecule has 0 atom stereocenters. The third-order valence-electron chi connectivity index (χ3n) is 3.61. The standard InChI is InChI=1S/C19H24N2O4/c1-13-5-6-18(14(2)9-13)21-19(22)20-7-8-25-17-11-15(23-3)10-16(12-17)24-4/h5-6,9-12H,7-8H2,1-4H3,(H2,20,21,22). The molecule has 0 saturated carbocycles. The van der Waals surface area contributed by atoms with Gasteiger partial charge in [-0.05, 0) is 25.5 Å². The highest BCUT2D eigenvalue weighted by molar-refractivity contribution is 5.90. The lowest BCUT2D eigenvalue weighted by Crippen LogP contribution is -2.32. The highest BCUT2D eigenvalue weighted by Gasteiger charge is 2.05. The normalized spacial score (nSPS) is 10.1. The predicted octanol–water partition coefficient (Wildman–Crippen LogP) is 3.52. The summed E-state index contributed by atoms with van der Waals surface area (Å²) in [6, 6.07) is 10.9. The Hall–Kier alpha value is -2.89. The number of nitrogens with one attached hydrogen (secondary N) is 2. The van der Waals surface area contributed by atoms with Crippen LogP contribution in [0.25, 0.3) is 0 Å². The fourth-order valence-corrected chi connectivity index (χ4v) is 2.32. The number of benzene rings is 2. The molecule has 2 aromatic carbocycles. The summed E-state index contributed by atoms with van der Waals surface area (Å²) in [7, 11) is 3.16. The zero-order valence-corrected chi connectivity index (χ0v) is 15.0. The number of rotatable bonds is 7. The van der Waals surface area contributed by atoms with Crippen molar-refractivity contribution in [1.29, 1.82) is 0 Å². The van der Waals surface area contributed by atoms with Crippen LogP contribution >= 0.6 is 0 Å². The van der Waals surface area contributed by atoms with Crippen molar-refractivity contribution >= 4 is 11.7 Å². The molecule has 0 spiro atoms. The maximum Gasteiger partial charge on any atom is 0.319 e. The number of aryl methyl sites for hydroxylation is 2. The second-order valence-corrected chi connectivity index (χ2v) is 5.60. The summed E-state index contributed by atoms with van der Waals surface area (Å²) >= 11 is 0. The van der Waals surface area contributed by atoms with E-state index in [9.17, 15) is 4.79 Å². The van der Waals surface area contributed by atoms with Crippen molar-refractivity contribution in [2.24, 2.45) is 0 Å². The van der Waals surface area contributed by atoms with Gasteiger partial charge in [-0.15, -0.1) is 0 Å². The van der Waals surface area contributed by atoms with Gasteiger partial charge in [0.2, 0.25) is 0 Å². The van der Waals surface area contributed by atoms with Gasteiger partial charge in [0.1, 0.15) is 23.9 Å². The van der Waals surface area contributed by atoms with Gasteiger partial charge in [0, 0.05) is 23.9 Å². The first-order valence-electron chi connectivity index (χ1n) is 8.00. The first kappa shape index (κ1) is 18.4. The van der Waals surface area contributed by atoms with Crippen molar-refractivity contribution in [3.63, 3.8) is 0 Å². The van der Waals surface area contributed by atoms with Gasteiger partial charge >= 0.3 is 6.03 Å². The average Bonchev–Trinajstić information content (AvgIpc) is 2.60. The summed E-state index contributed by atoms with van der Waals surface area (Å²) < 4.78 is 16.0. The van der Waals surface area contributed by atoms with E-state index in [0.717, 1.165) is 16.8 Å². The molecule has 2 amide bonds. The molecule has 0 radical (unpaired) electrons. The molecule has 0 aliphatic heterocycles. The summed E-state index contributed by atoms with van der Waals surface area (Å²) in [5, 5.41) is 5.59. The Morgan fingerprint density at radius 1 is 0.960 bits per heavy atom. The lowest BCUT2D eigenvalue weighted by molar-refractivity contribution is 0.247. The lowest BCUT2D eigenvalue weighted by Gasteiger charge is -2.12. The molecule has 2 rings (SSSR count). The van der Waals surface area contributed by atoms with Crippen LogP contribution in [0.4, 0.5) is 10.5 Å². The largest absolute Gasteiger partial charge is 0.496 e. The summed E-state index contributed by atoms with van der Waals surface area (Å²) in [5.41, 5.74) is 2.97. The van der Waals surface area contributed by atoms with E-state index in [1.807, 2.05) is 32.0 Å². The Bertz CT molecular complexity index is 709. The van der Waals surface area contributed by atoms with Crippen molar-refractivity contribution in [3.05, 3.63) is 47.5 Å². The second kappa shape index (κ2) is 8.82. The monoisotopic (exact) mass is 344 g/mol. The van der Waals surface area contributed by atoms with E-state index in [1.165, 1.54) is 0 Å². The quantitative estimate of drug-likeness (QED) is 0.754. The Morgan fingerprint density at radius 2 is 1.60 bits per heavy atom. The topological polar surface area (TPSA) is 68.8 Å². The van der Waals surface area contributed by atoms with E-state index >= 15 is 0 Å². The summed E-state index contributed by atoms with van der Waals surface area (Å²) in [6.45, 7) is 4.68. The van der Waals surface area contributed by atoms with Gasteiger partial charge in [-0.3, -0.25) is 0 Å². The molecule has 0 aromatic heterocycles. The van der Waals surface area contributed by atoms with Crippen LogP contribution in [0.1, 0.15) is 11.1 Å². The zero-order chi connectivity index (χ0) is 18.2. The third-order valence-corrected chi connectivity index (χ3v) is 3.61. The highest BCUT2D eigenvalue weighted by Crippen LogP contribution is 2.27. The molecule has 0 bridgehead atoms. The molecule has 0 heterocycles. The van der Waals surface area contributed by atoms with E-state index in [-0.39, 0.29) is 6.03 Å². The highest BCUT2D eigenvalue weighted by atomic mass is 16.5. The molecule has 2 aromatic rings. The number of urea groups is 1. The number of carbonyl (C=O) groups is 1. The summed E-state index contributed by atoms with van der Waals surface area (Å²) in [6.07, 6.45) is 0. The first-order valence-corrected chi connectivity index (χ1v) is 8.00. The van der Waals surface area contributed by atoms with Gasteiger partial charge in [0.25, 0.3) is 0 Å². The molecular formula is C19H24N2O4. The number of carbonyl (C=O) groups excluding carboxylic acids is 1. The molecule has 0 saturated heterocycles. The van der Waals surface area contributed by atoms with Crippen molar-refractivity contribution in [2.75, 3.05) is 32.7 Å². The smallest absolute Gasteiger partial charge is 0.319 e. The van der Waals surface area contributed by atoms with Gasteiger partial charge in [-0.2, -0.15) is 0 Å². The van der Waals surface area contributed by atoms with Crippen molar-refractivity contribution in [1.82, 2.24) is 5.32 Å². The molecule has 2 N–H and O–H groups in total. The number of methoxy groups -OCH3 is 2. The molecular weight excluding hydrogens is 320 g/mol. The number of amides is 2. The van der Waals surface area contributed by atoms with Crippen molar-refractivity contribution in [2.45, 2.75) is 13.8 Å². The molecule has 0 aliphatic rings. The van der Waals surface area contributed by atoms with Crippen molar-refractivity contribution < 1.29 is 19.0 Å². The SMILES string of the molecule is COc1cc(OC)cc(OCCNC(=O)Nc2ccc(C)cc2C)c1. The Balaban J connectivity index is 1.80. The van der Waals surface area contributed by atoms with E-state index in [2.05, 4.69) is 10.6 Å². The van der Waals surface area contributed by atoms with Crippen LogP contribution in [0.5, 0.6) is 17.2 Å². The summed E-state index contributed by atoms with van der Waals surface area (Å²) in [4.78, 5) is 11.9. The number of ether oxygens (including phenoxy) is 3. The minimum Gasteiger partial charge on any atom is -0.496 e. The molecule has 134 valence electrons.